The first-order valence-electron chi connectivity index (χ1n) is 6.05. The van der Waals surface area contributed by atoms with Gasteiger partial charge in [-0.1, -0.05) is 36.4 Å². The largest absolute Gasteiger partial charge is 0.497 e. The molecule has 0 aliphatic rings. The highest BCUT2D eigenvalue weighted by atomic mass is 16.5. The highest BCUT2D eigenvalue weighted by molar-refractivity contribution is 5.75. The second-order valence-corrected chi connectivity index (χ2v) is 4.23. The van der Waals surface area contributed by atoms with E-state index in [9.17, 15) is 4.79 Å². The molecular weight excluding hydrogens is 238 g/mol. The second kappa shape index (κ2) is 6.05. The van der Waals surface area contributed by atoms with Gasteiger partial charge < -0.3 is 10.5 Å². The fraction of sp³-hybridized carbons (Fsp3) is 0.125. The Bertz CT molecular complexity index is 544. The van der Waals surface area contributed by atoms with Gasteiger partial charge in [-0.2, -0.15) is 0 Å². The monoisotopic (exact) mass is 254 g/mol. The molecule has 0 saturated carbocycles. The van der Waals surface area contributed by atoms with E-state index in [1.165, 1.54) is 0 Å². The number of methoxy groups -OCH3 is 1. The van der Waals surface area contributed by atoms with E-state index >= 15 is 0 Å². The molecule has 0 aromatic heterocycles. The van der Waals surface area contributed by atoms with Crippen molar-refractivity contribution >= 4 is 5.91 Å². The molecule has 2 rings (SSSR count). The number of hydrogen-bond acceptors (Lipinski definition) is 2. The van der Waals surface area contributed by atoms with Crippen molar-refractivity contribution in [2.45, 2.75) is 6.42 Å². The maximum Gasteiger partial charge on any atom is 0.218 e. The summed E-state index contributed by atoms with van der Waals surface area (Å²) in [6, 6.07) is 15.9. The molecule has 0 fully saturated rings. The highest BCUT2D eigenvalue weighted by Crippen LogP contribution is 2.23. The van der Waals surface area contributed by atoms with E-state index in [0.717, 1.165) is 22.4 Å². The van der Waals surface area contributed by atoms with Crippen LogP contribution >= 0.6 is 0 Å². The van der Waals surface area contributed by atoms with E-state index in [4.69, 9.17) is 10.5 Å². The van der Waals surface area contributed by atoms with Crippen molar-refractivity contribution in [1.82, 2.24) is 0 Å². The number of benzene rings is 2. The standard InChI is InChI=1S/C16H16NO2/c1-19-15-9-7-14(8-10-15)13-5-2-12(3-6-13)4-11-16(17)18/h2-10H,11H2,1H3,(H2,17,18). The Labute approximate surface area is 113 Å². The zero-order valence-electron chi connectivity index (χ0n) is 10.8. The lowest BCUT2D eigenvalue weighted by Crippen LogP contribution is -2.10. The predicted molar refractivity (Wildman–Crippen MR) is 75.6 cm³/mol. The summed E-state index contributed by atoms with van der Waals surface area (Å²) in [6.07, 6.45) is 2.09. The molecule has 3 heteroatoms. The van der Waals surface area contributed by atoms with Gasteiger partial charge in [0.1, 0.15) is 5.75 Å². The molecule has 2 N–H and O–H groups in total. The highest BCUT2D eigenvalue weighted by Gasteiger charge is 2.01. The summed E-state index contributed by atoms with van der Waals surface area (Å²) >= 11 is 0. The van der Waals surface area contributed by atoms with Crippen molar-refractivity contribution in [2.75, 3.05) is 7.11 Å². The predicted octanol–water partition coefficient (Wildman–Crippen LogP) is 2.79. The molecular formula is C16H16NO2. The van der Waals surface area contributed by atoms with E-state index in [-0.39, 0.29) is 12.3 Å². The number of rotatable bonds is 5. The summed E-state index contributed by atoms with van der Waals surface area (Å²) < 4.78 is 5.13. The summed E-state index contributed by atoms with van der Waals surface area (Å²) in [4.78, 5) is 10.7. The third-order valence-electron chi connectivity index (χ3n) is 2.87. The summed E-state index contributed by atoms with van der Waals surface area (Å²) in [5, 5.41) is 0. The number of ether oxygens (including phenoxy) is 1. The van der Waals surface area contributed by atoms with Gasteiger partial charge in [-0.3, -0.25) is 4.79 Å². The average Bonchev–Trinajstić information content (AvgIpc) is 2.46. The van der Waals surface area contributed by atoms with Gasteiger partial charge in [-0.25, -0.2) is 0 Å². The van der Waals surface area contributed by atoms with Gasteiger partial charge in [0.05, 0.1) is 7.11 Å². The first-order valence-corrected chi connectivity index (χ1v) is 6.05. The minimum Gasteiger partial charge on any atom is -0.497 e. The SMILES string of the molecule is COc1ccc(-c2ccc([CH]CC(N)=O)cc2)cc1. The zero-order chi connectivity index (χ0) is 13.7. The van der Waals surface area contributed by atoms with E-state index in [1.807, 2.05) is 55.0 Å². The molecule has 0 unspecified atom stereocenters. The van der Waals surface area contributed by atoms with Crippen LogP contribution in [-0.4, -0.2) is 13.0 Å². The molecule has 0 aliphatic heterocycles. The Kier molecular flexibility index (Phi) is 4.18. The normalized spacial score (nSPS) is 10.2. The van der Waals surface area contributed by atoms with Gasteiger partial charge in [0, 0.05) is 6.42 Å². The Balaban J connectivity index is 2.10. The molecule has 0 aliphatic carbocycles. The number of hydrogen-bond donors (Lipinski definition) is 1. The third kappa shape index (κ3) is 3.58. The summed E-state index contributed by atoms with van der Waals surface area (Å²) in [5.41, 5.74) is 8.35. The van der Waals surface area contributed by atoms with Gasteiger partial charge in [-0.15, -0.1) is 0 Å². The fourth-order valence-electron chi connectivity index (χ4n) is 1.81. The van der Waals surface area contributed by atoms with Gasteiger partial charge in [0.15, 0.2) is 0 Å². The Morgan fingerprint density at radius 2 is 1.58 bits per heavy atom. The molecule has 97 valence electrons. The first kappa shape index (κ1) is 13.1. The van der Waals surface area contributed by atoms with Crippen LogP contribution in [0.4, 0.5) is 0 Å². The summed E-state index contributed by atoms with van der Waals surface area (Å²) in [6.45, 7) is 0. The van der Waals surface area contributed by atoms with Crippen molar-refractivity contribution in [1.29, 1.82) is 0 Å². The van der Waals surface area contributed by atoms with Crippen LogP contribution < -0.4 is 10.5 Å². The lowest BCUT2D eigenvalue weighted by molar-refractivity contribution is -0.117. The van der Waals surface area contributed by atoms with E-state index < -0.39 is 0 Å². The first-order chi connectivity index (χ1) is 9.19. The minimum absolute atomic E-state index is 0.266. The lowest BCUT2D eigenvalue weighted by atomic mass is 10.0. The molecule has 2 aromatic carbocycles. The maximum absolute atomic E-state index is 10.7. The van der Waals surface area contributed by atoms with Crippen molar-refractivity contribution in [3.05, 3.63) is 60.5 Å². The van der Waals surface area contributed by atoms with Crippen LogP contribution in [0, 0.1) is 6.42 Å². The molecule has 2 aromatic rings. The van der Waals surface area contributed by atoms with Gasteiger partial charge in [0.2, 0.25) is 5.91 Å². The molecule has 0 bridgehead atoms. The van der Waals surface area contributed by atoms with Crippen LogP contribution in [0.15, 0.2) is 48.5 Å². The molecule has 3 nitrogen and oxygen atoms in total. The number of carbonyl (C=O) groups excluding carboxylic acids is 1. The smallest absolute Gasteiger partial charge is 0.218 e. The van der Waals surface area contributed by atoms with Crippen molar-refractivity contribution in [3.8, 4) is 16.9 Å². The summed E-state index contributed by atoms with van der Waals surface area (Å²) in [7, 11) is 1.65. The maximum atomic E-state index is 10.7. The zero-order valence-corrected chi connectivity index (χ0v) is 10.8. The molecule has 0 heterocycles. The fourth-order valence-corrected chi connectivity index (χ4v) is 1.81. The van der Waals surface area contributed by atoms with Gasteiger partial charge in [-0.05, 0) is 35.2 Å². The summed E-state index contributed by atoms with van der Waals surface area (Å²) in [5.74, 6) is 0.523. The van der Waals surface area contributed by atoms with Crippen LogP contribution in [-0.2, 0) is 4.79 Å². The number of amides is 1. The molecule has 1 radical (unpaired) electrons. The third-order valence-corrected chi connectivity index (χ3v) is 2.87. The number of nitrogens with two attached hydrogens (primary N) is 1. The van der Waals surface area contributed by atoms with Crippen LogP contribution in [0.1, 0.15) is 12.0 Å². The van der Waals surface area contributed by atoms with Crippen LogP contribution in [0.5, 0.6) is 5.75 Å². The molecule has 0 atom stereocenters. The number of carbonyl (C=O) groups is 1. The molecule has 19 heavy (non-hydrogen) atoms. The molecule has 0 saturated heterocycles. The average molecular weight is 254 g/mol. The Morgan fingerprint density at radius 3 is 2.05 bits per heavy atom. The number of primary amides is 1. The van der Waals surface area contributed by atoms with Crippen LogP contribution in [0.25, 0.3) is 11.1 Å². The van der Waals surface area contributed by atoms with E-state index in [2.05, 4.69) is 0 Å². The van der Waals surface area contributed by atoms with Gasteiger partial charge >= 0.3 is 0 Å². The van der Waals surface area contributed by atoms with Gasteiger partial charge in [0.25, 0.3) is 0 Å². The van der Waals surface area contributed by atoms with E-state index in [1.54, 1.807) is 7.11 Å². The quantitative estimate of drug-likeness (QED) is 0.892. The van der Waals surface area contributed by atoms with Crippen molar-refractivity contribution in [3.63, 3.8) is 0 Å². The van der Waals surface area contributed by atoms with E-state index in [0.29, 0.717) is 0 Å². The minimum atomic E-state index is -0.320. The topological polar surface area (TPSA) is 52.3 Å². The van der Waals surface area contributed by atoms with Crippen molar-refractivity contribution in [2.24, 2.45) is 5.73 Å². The molecule has 1 amide bonds. The van der Waals surface area contributed by atoms with Crippen LogP contribution in [0.3, 0.4) is 0 Å². The Hall–Kier alpha value is -2.29. The second-order valence-electron chi connectivity index (χ2n) is 4.23. The lowest BCUT2D eigenvalue weighted by Gasteiger charge is -2.05. The van der Waals surface area contributed by atoms with Crippen LogP contribution in [0.2, 0.25) is 0 Å². The molecule has 0 spiro atoms. The van der Waals surface area contributed by atoms with Crippen molar-refractivity contribution < 1.29 is 9.53 Å². The Morgan fingerprint density at radius 1 is 1.05 bits per heavy atom.